The van der Waals surface area contributed by atoms with Crippen molar-refractivity contribution in [3.05, 3.63) is 35.0 Å². The molecular formula is C16H22N2. The average Bonchev–Trinajstić information content (AvgIpc) is 2.64. The Balaban J connectivity index is 2.23. The Morgan fingerprint density at radius 3 is 3.00 bits per heavy atom. The molecule has 1 unspecified atom stereocenters. The summed E-state index contributed by atoms with van der Waals surface area (Å²) in [6.45, 7) is 3.27. The monoisotopic (exact) mass is 242 g/mol. The number of nitrogens with one attached hydrogen (secondary N) is 1. The lowest BCUT2D eigenvalue weighted by Gasteiger charge is -2.24. The molecule has 96 valence electrons. The van der Waals surface area contributed by atoms with Gasteiger partial charge in [-0.15, -0.1) is 0 Å². The minimum Gasteiger partial charge on any atom is -0.347 e. The maximum atomic E-state index is 3.35. The minimum absolute atomic E-state index is 0.677. The fraction of sp³-hybridized carbons (Fsp3) is 0.500. The second-order valence-electron chi connectivity index (χ2n) is 5.59. The zero-order valence-electron chi connectivity index (χ0n) is 11.6. The first-order chi connectivity index (χ1) is 8.72. The van der Waals surface area contributed by atoms with E-state index in [4.69, 9.17) is 0 Å². The van der Waals surface area contributed by atoms with E-state index >= 15 is 0 Å². The molecule has 0 radical (unpaired) electrons. The minimum atomic E-state index is 0.677. The molecule has 0 amide bonds. The molecule has 1 aliphatic carbocycles. The quantitative estimate of drug-likeness (QED) is 0.856. The standard InChI is InChI=1S/C16H22N2/c1-11-7-8-13-14-6-4-5-12(10-17-2)16(14)18(3)15(13)9-11/h7-9,12,17H,4-6,10H2,1-3H3. The molecule has 1 heterocycles. The number of hydrogen-bond donors (Lipinski definition) is 1. The highest BCUT2D eigenvalue weighted by molar-refractivity contribution is 5.86. The van der Waals surface area contributed by atoms with Crippen LogP contribution in [0, 0.1) is 6.92 Å². The third-order valence-electron chi connectivity index (χ3n) is 4.33. The summed E-state index contributed by atoms with van der Waals surface area (Å²) in [7, 11) is 4.29. The van der Waals surface area contributed by atoms with Crippen molar-refractivity contribution in [3.63, 3.8) is 0 Å². The van der Waals surface area contributed by atoms with E-state index in [9.17, 15) is 0 Å². The van der Waals surface area contributed by atoms with Crippen LogP contribution < -0.4 is 5.32 Å². The van der Waals surface area contributed by atoms with Crippen molar-refractivity contribution in [2.45, 2.75) is 32.1 Å². The Hall–Kier alpha value is -1.28. The van der Waals surface area contributed by atoms with Crippen LogP contribution in [0.15, 0.2) is 18.2 Å². The van der Waals surface area contributed by atoms with E-state index in [0.29, 0.717) is 5.92 Å². The van der Waals surface area contributed by atoms with E-state index in [0.717, 1.165) is 6.54 Å². The van der Waals surface area contributed by atoms with Gasteiger partial charge in [0, 0.05) is 36.1 Å². The van der Waals surface area contributed by atoms with Crippen molar-refractivity contribution in [2.75, 3.05) is 13.6 Å². The Kier molecular flexibility index (Phi) is 2.90. The highest BCUT2D eigenvalue weighted by Crippen LogP contribution is 2.37. The molecule has 3 rings (SSSR count). The lowest BCUT2D eigenvalue weighted by Crippen LogP contribution is -2.22. The van der Waals surface area contributed by atoms with Crippen molar-refractivity contribution in [1.29, 1.82) is 0 Å². The lowest BCUT2D eigenvalue weighted by atomic mass is 9.86. The van der Waals surface area contributed by atoms with Crippen molar-refractivity contribution < 1.29 is 0 Å². The van der Waals surface area contributed by atoms with Crippen LogP contribution in [-0.4, -0.2) is 18.2 Å². The van der Waals surface area contributed by atoms with E-state index in [1.165, 1.54) is 35.7 Å². The molecule has 2 heteroatoms. The van der Waals surface area contributed by atoms with E-state index in [-0.39, 0.29) is 0 Å². The Labute approximate surface area is 109 Å². The third kappa shape index (κ3) is 1.67. The van der Waals surface area contributed by atoms with Crippen molar-refractivity contribution in [1.82, 2.24) is 9.88 Å². The fourth-order valence-corrected chi connectivity index (χ4v) is 3.53. The number of aromatic nitrogens is 1. The SMILES string of the molecule is CNCC1CCCc2c1n(C)c1cc(C)ccc21. The summed E-state index contributed by atoms with van der Waals surface area (Å²) in [6, 6.07) is 6.87. The second kappa shape index (κ2) is 4.43. The topological polar surface area (TPSA) is 17.0 Å². The van der Waals surface area contributed by atoms with Gasteiger partial charge in [-0.1, -0.05) is 12.1 Å². The molecule has 0 saturated carbocycles. The van der Waals surface area contributed by atoms with Crippen molar-refractivity contribution in [2.24, 2.45) is 7.05 Å². The predicted octanol–water partition coefficient (Wildman–Crippen LogP) is 3.13. The van der Waals surface area contributed by atoms with Crippen LogP contribution in [-0.2, 0) is 13.5 Å². The molecule has 2 aromatic rings. The van der Waals surface area contributed by atoms with Gasteiger partial charge in [0.2, 0.25) is 0 Å². The van der Waals surface area contributed by atoms with Gasteiger partial charge in [0.15, 0.2) is 0 Å². The number of rotatable bonds is 2. The maximum absolute atomic E-state index is 3.35. The molecule has 0 fully saturated rings. The zero-order chi connectivity index (χ0) is 12.7. The first-order valence-corrected chi connectivity index (χ1v) is 6.94. The Morgan fingerprint density at radius 2 is 2.22 bits per heavy atom. The zero-order valence-corrected chi connectivity index (χ0v) is 11.6. The van der Waals surface area contributed by atoms with E-state index in [2.05, 4.69) is 49.1 Å². The van der Waals surface area contributed by atoms with Gasteiger partial charge in [0.1, 0.15) is 0 Å². The van der Waals surface area contributed by atoms with Gasteiger partial charge < -0.3 is 9.88 Å². The first-order valence-electron chi connectivity index (χ1n) is 6.94. The van der Waals surface area contributed by atoms with Crippen LogP contribution in [0.25, 0.3) is 10.9 Å². The van der Waals surface area contributed by atoms with Gasteiger partial charge in [0.25, 0.3) is 0 Å². The Morgan fingerprint density at radius 1 is 1.39 bits per heavy atom. The van der Waals surface area contributed by atoms with E-state index in [1.807, 2.05) is 0 Å². The van der Waals surface area contributed by atoms with E-state index < -0.39 is 0 Å². The lowest BCUT2D eigenvalue weighted by molar-refractivity contribution is 0.506. The van der Waals surface area contributed by atoms with Crippen molar-refractivity contribution in [3.8, 4) is 0 Å². The molecular weight excluding hydrogens is 220 g/mol. The number of fused-ring (bicyclic) bond motifs is 3. The Bertz CT molecular complexity index is 580. The molecule has 0 aliphatic heterocycles. The number of hydrogen-bond acceptors (Lipinski definition) is 1. The van der Waals surface area contributed by atoms with E-state index in [1.54, 1.807) is 11.3 Å². The normalized spacial score (nSPS) is 19.2. The molecule has 2 nitrogen and oxygen atoms in total. The predicted molar refractivity (Wildman–Crippen MR) is 77.3 cm³/mol. The van der Waals surface area contributed by atoms with Crippen LogP contribution in [0.3, 0.4) is 0 Å². The van der Waals surface area contributed by atoms with Crippen LogP contribution in [0.4, 0.5) is 0 Å². The highest BCUT2D eigenvalue weighted by atomic mass is 15.0. The van der Waals surface area contributed by atoms with Gasteiger partial charge >= 0.3 is 0 Å². The highest BCUT2D eigenvalue weighted by Gasteiger charge is 2.25. The fourth-order valence-electron chi connectivity index (χ4n) is 3.53. The number of nitrogens with zero attached hydrogens (tertiary/aromatic N) is 1. The van der Waals surface area contributed by atoms with Crippen LogP contribution in [0.5, 0.6) is 0 Å². The summed E-state index contributed by atoms with van der Waals surface area (Å²) in [4.78, 5) is 0. The van der Waals surface area contributed by atoms with Crippen LogP contribution in [0.2, 0.25) is 0 Å². The number of likely N-dealkylation sites (N-methyl/N-ethyl adjacent to an activating group) is 1. The molecule has 1 N–H and O–H groups in total. The molecule has 0 bridgehead atoms. The molecule has 1 aliphatic rings. The van der Waals surface area contributed by atoms with Gasteiger partial charge in [0.05, 0.1) is 0 Å². The smallest absolute Gasteiger partial charge is 0.0485 e. The van der Waals surface area contributed by atoms with Crippen LogP contribution >= 0.6 is 0 Å². The first kappa shape index (κ1) is 11.8. The van der Waals surface area contributed by atoms with Gasteiger partial charge in [-0.05, 0) is 50.4 Å². The largest absolute Gasteiger partial charge is 0.347 e. The summed E-state index contributed by atoms with van der Waals surface area (Å²) in [5.74, 6) is 0.677. The summed E-state index contributed by atoms with van der Waals surface area (Å²) in [6.07, 6.45) is 3.89. The summed E-state index contributed by atoms with van der Waals surface area (Å²) < 4.78 is 2.43. The summed E-state index contributed by atoms with van der Waals surface area (Å²) in [5, 5.41) is 4.82. The molecule has 1 atom stereocenters. The maximum Gasteiger partial charge on any atom is 0.0485 e. The van der Waals surface area contributed by atoms with Gasteiger partial charge in [-0.2, -0.15) is 0 Å². The van der Waals surface area contributed by atoms with Crippen LogP contribution in [0.1, 0.15) is 35.6 Å². The van der Waals surface area contributed by atoms with Crippen molar-refractivity contribution >= 4 is 10.9 Å². The number of benzene rings is 1. The van der Waals surface area contributed by atoms with Gasteiger partial charge in [-0.25, -0.2) is 0 Å². The average molecular weight is 242 g/mol. The number of aryl methyl sites for hydroxylation is 3. The molecule has 1 aromatic carbocycles. The summed E-state index contributed by atoms with van der Waals surface area (Å²) >= 11 is 0. The molecule has 0 saturated heterocycles. The third-order valence-corrected chi connectivity index (χ3v) is 4.33. The molecule has 18 heavy (non-hydrogen) atoms. The second-order valence-corrected chi connectivity index (χ2v) is 5.59. The molecule has 1 aromatic heterocycles. The molecule has 0 spiro atoms. The summed E-state index contributed by atoms with van der Waals surface area (Å²) in [5.41, 5.74) is 5.92. The van der Waals surface area contributed by atoms with Gasteiger partial charge in [-0.3, -0.25) is 0 Å².